The molecule has 2 aliphatic rings. The van der Waals surface area contributed by atoms with Crippen LogP contribution in [0.5, 0.6) is 0 Å². The first-order chi connectivity index (χ1) is 7.90. The summed E-state index contributed by atoms with van der Waals surface area (Å²) in [5.41, 5.74) is 0. The Morgan fingerprint density at radius 1 is 0.611 bits per heavy atom. The van der Waals surface area contributed by atoms with Crippen LogP contribution in [0, 0.1) is 0 Å². The summed E-state index contributed by atoms with van der Waals surface area (Å²) in [6, 6.07) is 0. The summed E-state index contributed by atoms with van der Waals surface area (Å²) in [7, 11) is -10.7. The molecule has 0 aromatic rings. The minimum atomic E-state index is -10.7. The van der Waals surface area contributed by atoms with Gasteiger partial charge in [0.05, 0.1) is 0 Å². The van der Waals surface area contributed by atoms with Crippen molar-refractivity contribution in [1.82, 2.24) is 0 Å². The molecule has 0 nitrogen and oxygen atoms in total. The van der Waals surface area contributed by atoms with Crippen LogP contribution in [-0.2, 0) is 13.8 Å². The molecule has 0 atom stereocenters. The zero-order chi connectivity index (χ0) is 13.9. The molecule has 0 amide bonds. The Labute approximate surface area is 107 Å². The predicted octanol–water partition coefficient (Wildman–Crippen LogP) is 5.94. The van der Waals surface area contributed by atoms with E-state index in [1.165, 1.54) is 51.4 Å². The van der Waals surface area contributed by atoms with Crippen molar-refractivity contribution < 1.29 is 39.0 Å². The summed E-state index contributed by atoms with van der Waals surface area (Å²) in [5, 5.41) is 0. The molecular weight excluding hydrogens is 324 g/mol. The first-order valence-corrected chi connectivity index (χ1v) is 8.83. The van der Waals surface area contributed by atoms with E-state index < -0.39 is 7.81 Å². The van der Waals surface area contributed by atoms with Crippen LogP contribution in [0.4, 0.5) is 25.2 Å². The summed E-state index contributed by atoms with van der Waals surface area (Å²) in [5.74, 6) is 0. The van der Waals surface area contributed by atoms with Gasteiger partial charge in [-0.05, 0) is 0 Å². The molecule has 0 unspecified atom stereocenters. The fourth-order valence-corrected chi connectivity index (χ4v) is 3.60. The molecule has 0 aliphatic heterocycles. The van der Waals surface area contributed by atoms with E-state index in [9.17, 15) is 25.2 Å². The molecule has 0 N–H and O–H groups in total. The molecule has 18 heavy (non-hydrogen) atoms. The molecule has 2 fully saturated rings. The van der Waals surface area contributed by atoms with E-state index >= 15 is 0 Å². The normalized spacial score (nSPS) is 24.3. The molecule has 0 aromatic carbocycles. The average molecular weight is 340 g/mol. The Bertz CT molecular complexity index is 328. The molecule has 0 saturated heterocycles. The third-order valence-corrected chi connectivity index (χ3v) is 4.26. The molecule has 2 aliphatic carbocycles. The molecular formula is C10H16CoF6P. The average Bonchev–Trinajstić information content (AvgIpc) is 2.71. The molecule has 0 spiro atoms. The van der Waals surface area contributed by atoms with Gasteiger partial charge in [0.25, 0.3) is 0 Å². The number of hydrogen-bond acceptors (Lipinski definition) is 0. The van der Waals surface area contributed by atoms with Crippen LogP contribution in [0.25, 0.3) is 0 Å². The van der Waals surface area contributed by atoms with Crippen molar-refractivity contribution in [3.63, 3.8) is 0 Å². The molecule has 0 heterocycles. The van der Waals surface area contributed by atoms with Gasteiger partial charge in [-0.25, -0.2) is 0 Å². The van der Waals surface area contributed by atoms with Gasteiger partial charge in [0.1, 0.15) is 0 Å². The Hall–Kier alpha value is 0.256. The molecule has 0 bridgehead atoms. The summed E-state index contributed by atoms with van der Waals surface area (Å²) in [6.45, 7) is 0. The van der Waals surface area contributed by atoms with E-state index in [0.29, 0.717) is 0 Å². The van der Waals surface area contributed by atoms with Crippen LogP contribution in [0.1, 0.15) is 51.4 Å². The van der Waals surface area contributed by atoms with Crippen LogP contribution in [0.3, 0.4) is 0 Å². The molecule has 2 saturated carbocycles. The van der Waals surface area contributed by atoms with Gasteiger partial charge < -0.3 is 0 Å². The van der Waals surface area contributed by atoms with E-state index in [4.69, 9.17) is 0 Å². The van der Waals surface area contributed by atoms with Crippen LogP contribution in [-0.4, -0.2) is 8.91 Å². The fraction of sp³-hybridized carbons (Fsp3) is 0.800. The summed E-state index contributed by atoms with van der Waals surface area (Å²) < 4.78 is 62.9. The second kappa shape index (κ2) is 4.98. The first-order valence-electron chi connectivity index (χ1n) is 5.76. The van der Waals surface area contributed by atoms with E-state index in [1.807, 2.05) is 8.91 Å². The van der Waals surface area contributed by atoms with E-state index in [0.717, 1.165) is 0 Å². The Morgan fingerprint density at radius 3 is 1.06 bits per heavy atom. The number of rotatable bonds is 0. The molecule has 112 valence electrons. The zero-order valence-corrected chi connectivity index (χ0v) is 11.6. The molecule has 0 aromatic heterocycles. The van der Waals surface area contributed by atoms with E-state index in [-0.39, 0.29) is 0 Å². The van der Waals surface area contributed by atoms with Crippen molar-refractivity contribution in [3.8, 4) is 0 Å². The minimum absolute atomic E-state index is 1.43. The number of hydrogen-bond donors (Lipinski definition) is 0. The Kier molecular flexibility index (Phi) is 4.51. The Morgan fingerprint density at radius 2 is 0.833 bits per heavy atom. The van der Waals surface area contributed by atoms with Crippen molar-refractivity contribution in [1.29, 1.82) is 0 Å². The second-order valence-electron chi connectivity index (χ2n) is 4.43. The van der Waals surface area contributed by atoms with Crippen molar-refractivity contribution in [3.05, 3.63) is 0 Å². The predicted molar refractivity (Wildman–Crippen MR) is 60.5 cm³/mol. The quantitative estimate of drug-likeness (QED) is 0.378. The molecule has 0 radical (unpaired) electrons. The monoisotopic (exact) mass is 340 g/mol. The van der Waals surface area contributed by atoms with Crippen LogP contribution in [0.2, 0.25) is 0 Å². The summed E-state index contributed by atoms with van der Waals surface area (Å²) >= 11 is 1.69. The van der Waals surface area contributed by atoms with E-state index in [2.05, 4.69) is 0 Å². The van der Waals surface area contributed by atoms with Crippen LogP contribution >= 0.6 is 7.81 Å². The standard InChI is InChI=1S/2C5H8.Co.F6P/c2*1-2-4-5-3-1;;1-7(2,3,4,5)6/h2*1-4H2;;/q;;+1;-1. The van der Waals surface area contributed by atoms with Crippen molar-refractivity contribution in [2.24, 2.45) is 0 Å². The Balaban J connectivity index is 0.000000203. The molecule has 2 rings (SSSR count). The zero-order valence-electron chi connectivity index (χ0n) is 9.71. The van der Waals surface area contributed by atoms with Gasteiger partial charge in [0.2, 0.25) is 0 Å². The van der Waals surface area contributed by atoms with Crippen molar-refractivity contribution in [2.75, 3.05) is 0 Å². The van der Waals surface area contributed by atoms with Gasteiger partial charge in [-0.3, -0.25) is 0 Å². The van der Waals surface area contributed by atoms with Gasteiger partial charge in [0.15, 0.2) is 0 Å². The third kappa shape index (κ3) is 11.4. The SMILES string of the molecule is C1CC[C](=[Co+]=[C]2CCCC2)C1.F[P-](F)(F)(F)(F)F. The third-order valence-electron chi connectivity index (χ3n) is 2.48. The second-order valence-corrected chi connectivity index (χ2v) is 8.08. The fourth-order valence-electron chi connectivity index (χ4n) is 1.82. The summed E-state index contributed by atoms with van der Waals surface area (Å²) in [4.78, 5) is 0. The van der Waals surface area contributed by atoms with Gasteiger partial charge in [-0.1, -0.05) is 0 Å². The van der Waals surface area contributed by atoms with Gasteiger partial charge in [-0.2, -0.15) is 0 Å². The maximum atomic E-state index is 9.87. The topological polar surface area (TPSA) is 0 Å². The van der Waals surface area contributed by atoms with E-state index in [1.54, 1.807) is 13.8 Å². The summed E-state index contributed by atoms with van der Waals surface area (Å²) in [6.07, 6.45) is 11.6. The van der Waals surface area contributed by atoms with Gasteiger partial charge in [-0.15, -0.1) is 0 Å². The first kappa shape index (κ1) is 16.3. The van der Waals surface area contributed by atoms with Gasteiger partial charge in [0, 0.05) is 0 Å². The maximum absolute atomic E-state index is 10.7. The van der Waals surface area contributed by atoms with Crippen molar-refractivity contribution in [2.45, 2.75) is 51.4 Å². The van der Waals surface area contributed by atoms with Crippen LogP contribution < -0.4 is 0 Å². The molecule has 8 heteroatoms. The van der Waals surface area contributed by atoms with Gasteiger partial charge >= 0.3 is 107 Å². The number of halogens is 6. The van der Waals surface area contributed by atoms with Crippen molar-refractivity contribution >= 4 is 16.7 Å². The van der Waals surface area contributed by atoms with Crippen LogP contribution in [0.15, 0.2) is 0 Å².